The Morgan fingerprint density at radius 2 is 2.21 bits per heavy atom. The van der Waals surface area contributed by atoms with Crippen molar-refractivity contribution in [1.82, 2.24) is 0 Å². The molecule has 2 rings (SSSR count). The molecule has 0 radical (unpaired) electrons. The minimum Gasteiger partial charge on any atom is -0.326 e. The van der Waals surface area contributed by atoms with E-state index in [4.69, 9.17) is 11.6 Å². The van der Waals surface area contributed by atoms with Gasteiger partial charge in [0.05, 0.1) is 11.5 Å². The van der Waals surface area contributed by atoms with Gasteiger partial charge in [0, 0.05) is 17.1 Å². The summed E-state index contributed by atoms with van der Waals surface area (Å²) in [6, 6.07) is 5.29. The number of hydrogen-bond acceptors (Lipinski definition) is 3. The van der Waals surface area contributed by atoms with Gasteiger partial charge >= 0.3 is 0 Å². The van der Waals surface area contributed by atoms with Crippen LogP contribution in [0.25, 0.3) is 0 Å². The fourth-order valence-electron chi connectivity index (χ4n) is 2.23. The number of aryl methyl sites for hydroxylation is 1. The van der Waals surface area contributed by atoms with Gasteiger partial charge < -0.3 is 5.32 Å². The van der Waals surface area contributed by atoms with E-state index < -0.39 is 9.84 Å². The molecule has 1 aromatic carbocycles. The lowest BCUT2D eigenvalue weighted by molar-refractivity contribution is -0.116. The van der Waals surface area contributed by atoms with Crippen LogP contribution in [-0.2, 0) is 14.6 Å². The number of rotatable bonds is 3. The van der Waals surface area contributed by atoms with Crippen molar-refractivity contribution in [3.63, 3.8) is 0 Å². The predicted molar refractivity (Wildman–Crippen MR) is 76.2 cm³/mol. The molecule has 0 unspecified atom stereocenters. The normalized spacial score (nSPS) is 21.3. The van der Waals surface area contributed by atoms with E-state index in [-0.39, 0.29) is 29.8 Å². The highest BCUT2D eigenvalue weighted by Gasteiger charge is 2.29. The first kappa shape index (κ1) is 14.3. The molecule has 104 valence electrons. The average Bonchev–Trinajstić information content (AvgIpc) is 2.63. The zero-order valence-electron chi connectivity index (χ0n) is 10.6. The van der Waals surface area contributed by atoms with E-state index in [0.717, 1.165) is 5.56 Å². The second-order valence-electron chi connectivity index (χ2n) is 4.98. The lowest BCUT2D eigenvalue weighted by Crippen LogP contribution is -2.17. The maximum atomic E-state index is 11.9. The molecule has 4 nitrogen and oxygen atoms in total. The molecular weight excluding hydrogens is 286 g/mol. The van der Waals surface area contributed by atoms with Crippen LogP contribution in [0.4, 0.5) is 5.69 Å². The van der Waals surface area contributed by atoms with Crippen LogP contribution < -0.4 is 5.32 Å². The molecule has 1 saturated heterocycles. The van der Waals surface area contributed by atoms with E-state index in [1.54, 1.807) is 12.1 Å². The third-order valence-electron chi connectivity index (χ3n) is 3.27. The molecule has 1 fully saturated rings. The van der Waals surface area contributed by atoms with Gasteiger partial charge in [0.1, 0.15) is 0 Å². The minimum absolute atomic E-state index is 0.0653. The van der Waals surface area contributed by atoms with Crippen LogP contribution >= 0.6 is 11.6 Å². The van der Waals surface area contributed by atoms with Crippen molar-refractivity contribution in [2.45, 2.75) is 19.8 Å². The molecule has 0 saturated carbocycles. The third-order valence-corrected chi connectivity index (χ3v) is 5.35. The molecule has 1 aliphatic rings. The van der Waals surface area contributed by atoms with E-state index >= 15 is 0 Å². The summed E-state index contributed by atoms with van der Waals surface area (Å²) < 4.78 is 22.7. The second kappa shape index (κ2) is 5.51. The van der Waals surface area contributed by atoms with Gasteiger partial charge in [-0.3, -0.25) is 4.79 Å². The van der Waals surface area contributed by atoms with Gasteiger partial charge in [0.2, 0.25) is 5.91 Å². The predicted octanol–water partition coefficient (Wildman–Crippen LogP) is 2.41. The average molecular weight is 302 g/mol. The van der Waals surface area contributed by atoms with Gasteiger partial charge in [-0.05, 0) is 37.0 Å². The van der Waals surface area contributed by atoms with Crippen LogP contribution in [0.1, 0.15) is 18.4 Å². The SMILES string of the molecule is Cc1ccc(Cl)cc1NC(=O)C[C@@H]1CCS(=O)(=O)C1. The lowest BCUT2D eigenvalue weighted by atomic mass is 10.0. The van der Waals surface area contributed by atoms with Crippen molar-refractivity contribution in [3.05, 3.63) is 28.8 Å². The van der Waals surface area contributed by atoms with Crippen LogP contribution in [-0.4, -0.2) is 25.8 Å². The van der Waals surface area contributed by atoms with Crippen LogP contribution in [0.2, 0.25) is 5.02 Å². The van der Waals surface area contributed by atoms with E-state index in [2.05, 4.69) is 5.32 Å². The number of halogens is 1. The molecule has 0 spiro atoms. The van der Waals surface area contributed by atoms with Gasteiger partial charge in [-0.2, -0.15) is 0 Å². The van der Waals surface area contributed by atoms with Crippen molar-refractivity contribution in [2.75, 3.05) is 16.8 Å². The van der Waals surface area contributed by atoms with E-state index in [1.807, 2.05) is 13.0 Å². The first-order valence-corrected chi connectivity index (χ1v) is 8.32. The zero-order valence-corrected chi connectivity index (χ0v) is 12.2. The lowest BCUT2D eigenvalue weighted by Gasteiger charge is -2.11. The molecule has 0 aromatic heterocycles. The molecule has 1 N–H and O–H groups in total. The summed E-state index contributed by atoms with van der Waals surface area (Å²) in [7, 11) is -2.93. The molecule has 0 aliphatic carbocycles. The molecule has 0 bridgehead atoms. The van der Waals surface area contributed by atoms with Crippen molar-refractivity contribution >= 4 is 33.0 Å². The Morgan fingerprint density at radius 3 is 2.84 bits per heavy atom. The Bertz CT molecular complexity index is 598. The van der Waals surface area contributed by atoms with Gasteiger partial charge in [-0.15, -0.1) is 0 Å². The Morgan fingerprint density at radius 1 is 1.47 bits per heavy atom. The van der Waals surface area contributed by atoms with Gasteiger partial charge in [-0.1, -0.05) is 17.7 Å². The molecule has 19 heavy (non-hydrogen) atoms. The Labute approximate surface area is 118 Å². The summed E-state index contributed by atoms with van der Waals surface area (Å²) in [6.07, 6.45) is 0.815. The highest BCUT2D eigenvalue weighted by molar-refractivity contribution is 7.91. The van der Waals surface area contributed by atoms with Crippen molar-refractivity contribution in [3.8, 4) is 0 Å². The number of nitrogens with one attached hydrogen (secondary N) is 1. The van der Waals surface area contributed by atoms with Crippen molar-refractivity contribution in [2.24, 2.45) is 5.92 Å². The largest absolute Gasteiger partial charge is 0.326 e. The highest BCUT2D eigenvalue weighted by Crippen LogP contribution is 2.24. The molecule has 6 heteroatoms. The van der Waals surface area contributed by atoms with Gasteiger partial charge in [0.15, 0.2) is 9.84 Å². The highest BCUT2D eigenvalue weighted by atomic mass is 35.5. The summed E-state index contributed by atoms with van der Waals surface area (Å²) in [6.45, 7) is 1.88. The maximum absolute atomic E-state index is 11.9. The summed E-state index contributed by atoms with van der Waals surface area (Å²) >= 11 is 5.88. The number of carbonyl (C=O) groups excluding carboxylic acids is 1. The monoisotopic (exact) mass is 301 g/mol. The zero-order chi connectivity index (χ0) is 14.0. The van der Waals surface area contributed by atoms with Crippen LogP contribution in [0.5, 0.6) is 0 Å². The third kappa shape index (κ3) is 3.94. The molecular formula is C13H16ClNO3S. The molecule has 1 heterocycles. The number of benzene rings is 1. The Balaban J connectivity index is 1.97. The number of amides is 1. The Kier molecular flexibility index (Phi) is 4.16. The fourth-order valence-corrected chi connectivity index (χ4v) is 4.26. The standard InChI is InChI=1S/C13H16ClNO3S/c1-9-2-3-11(14)7-12(9)15-13(16)6-10-4-5-19(17,18)8-10/h2-3,7,10H,4-6,8H2,1H3,(H,15,16)/t10-/m0/s1. The van der Waals surface area contributed by atoms with Crippen molar-refractivity contribution < 1.29 is 13.2 Å². The quantitative estimate of drug-likeness (QED) is 0.932. The van der Waals surface area contributed by atoms with Crippen molar-refractivity contribution in [1.29, 1.82) is 0 Å². The van der Waals surface area contributed by atoms with E-state index in [9.17, 15) is 13.2 Å². The molecule has 1 aromatic rings. The number of hydrogen-bond donors (Lipinski definition) is 1. The number of anilines is 1. The van der Waals surface area contributed by atoms with Gasteiger partial charge in [0.25, 0.3) is 0 Å². The van der Waals surface area contributed by atoms with Gasteiger partial charge in [-0.25, -0.2) is 8.42 Å². The Hall–Kier alpha value is -1.07. The fraction of sp³-hybridized carbons (Fsp3) is 0.462. The topological polar surface area (TPSA) is 63.2 Å². The number of sulfone groups is 1. The van der Waals surface area contributed by atoms with E-state index in [1.165, 1.54) is 0 Å². The first-order valence-electron chi connectivity index (χ1n) is 6.12. The van der Waals surface area contributed by atoms with Crippen LogP contribution in [0, 0.1) is 12.8 Å². The second-order valence-corrected chi connectivity index (χ2v) is 7.65. The van der Waals surface area contributed by atoms with Crippen LogP contribution in [0.3, 0.4) is 0 Å². The van der Waals surface area contributed by atoms with E-state index in [0.29, 0.717) is 17.1 Å². The van der Waals surface area contributed by atoms with Crippen LogP contribution in [0.15, 0.2) is 18.2 Å². The maximum Gasteiger partial charge on any atom is 0.224 e. The first-order chi connectivity index (χ1) is 8.85. The molecule has 1 aliphatic heterocycles. The summed E-state index contributed by atoms with van der Waals surface area (Å²) in [4.78, 5) is 11.9. The summed E-state index contributed by atoms with van der Waals surface area (Å²) in [5.74, 6) is 0.0905. The molecule has 1 atom stereocenters. The summed E-state index contributed by atoms with van der Waals surface area (Å²) in [5, 5.41) is 3.35. The smallest absolute Gasteiger partial charge is 0.224 e. The summed E-state index contributed by atoms with van der Waals surface area (Å²) in [5.41, 5.74) is 1.61. The minimum atomic E-state index is -2.93. The number of carbonyl (C=O) groups is 1. The molecule has 1 amide bonds.